The summed E-state index contributed by atoms with van der Waals surface area (Å²) < 4.78 is 14.0. The summed E-state index contributed by atoms with van der Waals surface area (Å²) in [5.41, 5.74) is 6.83. The molecule has 1 aromatic carbocycles. The normalized spacial score (nSPS) is 24.0. The van der Waals surface area contributed by atoms with E-state index >= 15 is 0 Å². The van der Waals surface area contributed by atoms with E-state index in [1.807, 2.05) is 6.07 Å². The van der Waals surface area contributed by atoms with Crippen molar-refractivity contribution in [3.05, 3.63) is 34.1 Å². The Balaban J connectivity index is 1.91. The second kappa shape index (κ2) is 3.98. The van der Waals surface area contributed by atoms with E-state index in [1.165, 1.54) is 0 Å². The number of benzene rings is 1. The van der Waals surface area contributed by atoms with E-state index in [4.69, 9.17) is 5.73 Å². The van der Waals surface area contributed by atoms with E-state index in [9.17, 15) is 4.39 Å². The fraction of sp³-hybridized carbons (Fsp3) is 0.417. The number of guanidine groups is 1. The van der Waals surface area contributed by atoms with E-state index in [2.05, 4.69) is 25.8 Å². The van der Waals surface area contributed by atoms with Gasteiger partial charge in [-0.3, -0.25) is 4.99 Å². The number of hydrogen-bond donors (Lipinski definition) is 1. The SMILES string of the molecule is NC1=NCC(c2ccc(Br)c(F)c2)N1C1CC1. The Kier molecular flexibility index (Phi) is 2.58. The zero-order chi connectivity index (χ0) is 12.0. The summed E-state index contributed by atoms with van der Waals surface area (Å²) >= 11 is 3.16. The third kappa shape index (κ3) is 1.92. The Morgan fingerprint density at radius 3 is 2.82 bits per heavy atom. The van der Waals surface area contributed by atoms with Gasteiger partial charge in [0.1, 0.15) is 5.82 Å². The van der Waals surface area contributed by atoms with Crippen LogP contribution < -0.4 is 5.73 Å². The molecule has 90 valence electrons. The van der Waals surface area contributed by atoms with Crippen molar-refractivity contribution in [2.24, 2.45) is 10.7 Å². The van der Waals surface area contributed by atoms with Crippen molar-refractivity contribution in [3.63, 3.8) is 0 Å². The van der Waals surface area contributed by atoms with Gasteiger partial charge in [-0.25, -0.2) is 4.39 Å². The lowest BCUT2D eigenvalue weighted by molar-refractivity contribution is 0.337. The molecule has 0 aromatic heterocycles. The molecule has 1 aliphatic heterocycles. The molecule has 3 nitrogen and oxygen atoms in total. The highest BCUT2D eigenvalue weighted by Crippen LogP contribution is 2.37. The summed E-state index contributed by atoms with van der Waals surface area (Å²) in [5.74, 6) is 0.365. The van der Waals surface area contributed by atoms with Gasteiger partial charge in [-0.15, -0.1) is 0 Å². The monoisotopic (exact) mass is 297 g/mol. The lowest BCUT2D eigenvalue weighted by Crippen LogP contribution is -2.37. The van der Waals surface area contributed by atoms with Crippen LogP contribution in [-0.4, -0.2) is 23.4 Å². The molecule has 1 fully saturated rings. The van der Waals surface area contributed by atoms with Crippen molar-refractivity contribution >= 4 is 21.9 Å². The molecule has 1 unspecified atom stereocenters. The molecule has 1 aromatic rings. The first-order valence-corrected chi connectivity index (χ1v) is 6.49. The fourth-order valence-corrected chi connectivity index (χ4v) is 2.54. The maximum atomic E-state index is 13.5. The van der Waals surface area contributed by atoms with Gasteiger partial charge >= 0.3 is 0 Å². The number of hydrogen-bond acceptors (Lipinski definition) is 3. The second-order valence-electron chi connectivity index (χ2n) is 4.53. The standard InChI is InChI=1S/C12H13BrFN3/c13-9-4-1-7(5-10(9)14)11-6-16-12(15)17(11)8-2-3-8/h1,4-5,8,11H,2-3,6H2,(H2,15,16). The van der Waals surface area contributed by atoms with Crippen LogP contribution in [0.1, 0.15) is 24.4 Å². The number of halogens is 2. The summed E-state index contributed by atoms with van der Waals surface area (Å²) in [6.07, 6.45) is 2.32. The van der Waals surface area contributed by atoms with E-state index in [1.54, 1.807) is 12.1 Å². The summed E-state index contributed by atoms with van der Waals surface area (Å²) in [6, 6.07) is 5.84. The summed E-state index contributed by atoms with van der Waals surface area (Å²) in [5, 5.41) is 0. The highest BCUT2D eigenvalue weighted by Gasteiger charge is 2.38. The first-order valence-electron chi connectivity index (χ1n) is 5.70. The predicted molar refractivity (Wildman–Crippen MR) is 68.2 cm³/mol. The van der Waals surface area contributed by atoms with Crippen molar-refractivity contribution in [3.8, 4) is 0 Å². The minimum Gasteiger partial charge on any atom is -0.370 e. The van der Waals surface area contributed by atoms with Crippen molar-refractivity contribution in [2.75, 3.05) is 6.54 Å². The molecule has 17 heavy (non-hydrogen) atoms. The molecule has 1 atom stereocenters. The Labute approximate surface area is 108 Å². The zero-order valence-electron chi connectivity index (χ0n) is 9.24. The van der Waals surface area contributed by atoms with Gasteiger partial charge in [0, 0.05) is 6.04 Å². The molecule has 1 aliphatic carbocycles. The smallest absolute Gasteiger partial charge is 0.192 e. The Hall–Kier alpha value is -1.10. The van der Waals surface area contributed by atoms with Crippen molar-refractivity contribution < 1.29 is 4.39 Å². The minimum atomic E-state index is -0.233. The Morgan fingerprint density at radius 1 is 1.41 bits per heavy atom. The summed E-state index contributed by atoms with van der Waals surface area (Å²) in [4.78, 5) is 6.40. The molecule has 0 saturated heterocycles. The molecule has 3 rings (SSSR count). The molecule has 0 amide bonds. The molecule has 0 radical (unpaired) electrons. The molecule has 1 saturated carbocycles. The Morgan fingerprint density at radius 2 is 2.18 bits per heavy atom. The average molecular weight is 298 g/mol. The first kappa shape index (κ1) is 11.0. The Bertz CT molecular complexity index is 485. The van der Waals surface area contributed by atoms with Crippen LogP contribution >= 0.6 is 15.9 Å². The van der Waals surface area contributed by atoms with Crippen LogP contribution in [0.2, 0.25) is 0 Å². The maximum Gasteiger partial charge on any atom is 0.192 e. The third-order valence-corrected chi connectivity index (χ3v) is 3.94. The highest BCUT2D eigenvalue weighted by atomic mass is 79.9. The van der Waals surface area contributed by atoms with E-state index < -0.39 is 0 Å². The topological polar surface area (TPSA) is 41.6 Å². The van der Waals surface area contributed by atoms with E-state index in [0.717, 1.165) is 18.4 Å². The highest BCUT2D eigenvalue weighted by molar-refractivity contribution is 9.10. The van der Waals surface area contributed by atoms with Crippen molar-refractivity contribution in [1.82, 2.24) is 4.90 Å². The summed E-state index contributed by atoms with van der Waals surface area (Å²) in [6.45, 7) is 0.628. The van der Waals surface area contributed by atoms with Gasteiger partial charge in [0.15, 0.2) is 5.96 Å². The minimum absolute atomic E-state index is 0.102. The van der Waals surface area contributed by atoms with Gasteiger partial charge in [0.05, 0.1) is 17.1 Å². The number of nitrogens with two attached hydrogens (primary N) is 1. The van der Waals surface area contributed by atoms with Gasteiger partial charge in [-0.05, 0) is 46.5 Å². The molecule has 0 spiro atoms. The molecular weight excluding hydrogens is 285 g/mol. The van der Waals surface area contributed by atoms with Gasteiger partial charge in [-0.1, -0.05) is 6.07 Å². The van der Waals surface area contributed by atoms with Gasteiger partial charge < -0.3 is 10.6 Å². The summed E-state index contributed by atoms with van der Waals surface area (Å²) in [7, 11) is 0. The number of rotatable bonds is 2. The molecule has 5 heteroatoms. The van der Waals surface area contributed by atoms with Crippen LogP contribution in [0.4, 0.5) is 4.39 Å². The van der Waals surface area contributed by atoms with Crippen LogP contribution in [0.5, 0.6) is 0 Å². The average Bonchev–Trinajstić information content (AvgIpc) is 3.06. The second-order valence-corrected chi connectivity index (χ2v) is 5.38. The van der Waals surface area contributed by atoms with Crippen LogP contribution in [0.3, 0.4) is 0 Å². The first-order chi connectivity index (χ1) is 8.16. The largest absolute Gasteiger partial charge is 0.370 e. The van der Waals surface area contributed by atoms with Gasteiger partial charge in [0.25, 0.3) is 0 Å². The van der Waals surface area contributed by atoms with Crippen LogP contribution in [0, 0.1) is 5.82 Å². The van der Waals surface area contributed by atoms with Gasteiger partial charge in [0.2, 0.25) is 0 Å². The molecule has 2 aliphatic rings. The van der Waals surface area contributed by atoms with Crippen LogP contribution in [0.15, 0.2) is 27.7 Å². The molecule has 1 heterocycles. The van der Waals surface area contributed by atoms with E-state index in [-0.39, 0.29) is 11.9 Å². The zero-order valence-corrected chi connectivity index (χ0v) is 10.8. The predicted octanol–water partition coefficient (Wildman–Crippen LogP) is 2.42. The fourth-order valence-electron chi connectivity index (χ4n) is 2.29. The number of nitrogens with zero attached hydrogens (tertiary/aromatic N) is 2. The maximum absolute atomic E-state index is 13.5. The molecule has 0 bridgehead atoms. The van der Waals surface area contributed by atoms with Crippen LogP contribution in [-0.2, 0) is 0 Å². The lowest BCUT2D eigenvalue weighted by atomic mass is 10.1. The lowest BCUT2D eigenvalue weighted by Gasteiger charge is -2.26. The third-order valence-electron chi connectivity index (χ3n) is 3.30. The van der Waals surface area contributed by atoms with Crippen molar-refractivity contribution in [2.45, 2.75) is 24.9 Å². The quantitative estimate of drug-likeness (QED) is 0.911. The molecular formula is C12H13BrFN3. The van der Waals surface area contributed by atoms with Crippen molar-refractivity contribution in [1.29, 1.82) is 0 Å². The van der Waals surface area contributed by atoms with Crippen LogP contribution in [0.25, 0.3) is 0 Å². The number of aliphatic imine (C=N–C) groups is 1. The van der Waals surface area contributed by atoms with E-state index in [0.29, 0.717) is 23.0 Å². The molecule has 2 N–H and O–H groups in total. The van der Waals surface area contributed by atoms with Gasteiger partial charge in [-0.2, -0.15) is 0 Å².